The van der Waals surface area contributed by atoms with Gasteiger partial charge in [0.15, 0.2) is 5.82 Å². The number of hydrogen-bond acceptors (Lipinski definition) is 6. The summed E-state index contributed by atoms with van der Waals surface area (Å²) in [5.74, 6) is 0.143. The van der Waals surface area contributed by atoms with Gasteiger partial charge in [-0.15, -0.1) is 0 Å². The molecule has 0 aliphatic rings. The fourth-order valence-electron chi connectivity index (χ4n) is 3.00. The molecule has 0 unspecified atom stereocenters. The number of likely N-dealkylation sites (N-methyl/N-ethyl adjacent to an activating group) is 1. The smallest absolute Gasteiger partial charge is 0.417 e. The molecule has 0 N–H and O–H groups in total. The number of aryl methyl sites for hydroxylation is 1. The van der Waals surface area contributed by atoms with Crippen molar-refractivity contribution in [2.24, 2.45) is 0 Å². The van der Waals surface area contributed by atoms with Gasteiger partial charge in [-0.25, -0.2) is 15.0 Å². The van der Waals surface area contributed by atoms with E-state index in [1.54, 1.807) is 31.5 Å². The highest BCUT2D eigenvalue weighted by atomic mass is 32.1. The second-order valence-corrected chi connectivity index (χ2v) is 7.48. The third-order valence-electron chi connectivity index (χ3n) is 4.62. The standard InChI is InChI=1S/C22H21F3N4O2S/c1-3-29(19(32)13-31-18-8-6-15(12-28-18)22(23,24)25)21(30)16-7-5-14(2)11-17(16)20-26-9-4-10-27-20/h4-12,19,32H,3,13H2,1-2H3/t19-/m0/s1. The number of carbonyl (C=O) groups is 1. The van der Waals surface area contributed by atoms with Crippen molar-refractivity contribution < 1.29 is 22.7 Å². The number of amides is 1. The number of halogens is 3. The summed E-state index contributed by atoms with van der Waals surface area (Å²) < 4.78 is 43.5. The molecule has 3 rings (SSSR count). The van der Waals surface area contributed by atoms with Crippen LogP contribution in [0.25, 0.3) is 11.4 Å². The molecule has 32 heavy (non-hydrogen) atoms. The fourth-order valence-corrected chi connectivity index (χ4v) is 3.34. The first-order valence-corrected chi connectivity index (χ1v) is 10.3. The zero-order chi connectivity index (χ0) is 23.3. The normalized spacial score (nSPS) is 12.3. The molecule has 10 heteroatoms. The van der Waals surface area contributed by atoms with Gasteiger partial charge in [-0.1, -0.05) is 11.6 Å². The molecule has 0 radical (unpaired) electrons. The van der Waals surface area contributed by atoms with Crippen LogP contribution in [-0.4, -0.2) is 44.3 Å². The van der Waals surface area contributed by atoms with E-state index in [0.717, 1.165) is 17.7 Å². The molecular weight excluding hydrogens is 441 g/mol. The average molecular weight is 462 g/mol. The number of thiol groups is 1. The molecule has 0 fully saturated rings. The van der Waals surface area contributed by atoms with Crippen LogP contribution in [0.2, 0.25) is 0 Å². The first kappa shape index (κ1) is 23.5. The van der Waals surface area contributed by atoms with Gasteiger partial charge in [0, 0.05) is 36.8 Å². The molecule has 168 valence electrons. The number of hydrogen-bond donors (Lipinski definition) is 1. The monoisotopic (exact) mass is 462 g/mol. The van der Waals surface area contributed by atoms with Crippen LogP contribution in [0.5, 0.6) is 5.88 Å². The van der Waals surface area contributed by atoms with Gasteiger partial charge in [0.1, 0.15) is 12.0 Å². The number of benzene rings is 1. The maximum Gasteiger partial charge on any atom is 0.417 e. The summed E-state index contributed by atoms with van der Waals surface area (Å²) in [6.07, 6.45) is -0.576. The van der Waals surface area contributed by atoms with Gasteiger partial charge in [-0.2, -0.15) is 25.8 Å². The predicted molar refractivity (Wildman–Crippen MR) is 116 cm³/mol. The Hall–Kier alpha value is -3.14. The van der Waals surface area contributed by atoms with E-state index in [-0.39, 0.29) is 18.4 Å². The molecule has 0 saturated heterocycles. The van der Waals surface area contributed by atoms with Crippen LogP contribution in [-0.2, 0) is 6.18 Å². The lowest BCUT2D eigenvalue weighted by atomic mass is 10.0. The minimum absolute atomic E-state index is 0.00858. The Kier molecular flexibility index (Phi) is 7.34. The molecule has 1 aromatic carbocycles. The Labute approximate surface area is 188 Å². The maximum absolute atomic E-state index is 13.3. The van der Waals surface area contributed by atoms with Gasteiger partial charge in [-0.05, 0) is 38.1 Å². The van der Waals surface area contributed by atoms with Crippen LogP contribution in [0.3, 0.4) is 0 Å². The highest BCUT2D eigenvalue weighted by Gasteiger charge is 2.31. The molecule has 0 saturated carbocycles. The van der Waals surface area contributed by atoms with Crippen molar-refractivity contribution in [1.29, 1.82) is 0 Å². The minimum Gasteiger partial charge on any atom is -0.475 e. The van der Waals surface area contributed by atoms with E-state index in [4.69, 9.17) is 4.74 Å². The summed E-state index contributed by atoms with van der Waals surface area (Å²) in [5.41, 5.74) is 1.09. The number of carbonyl (C=O) groups excluding carboxylic acids is 1. The molecule has 2 heterocycles. The van der Waals surface area contributed by atoms with Crippen molar-refractivity contribution >= 4 is 18.5 Å². The zero-order valence-corrected chi connectivity index (χ0v) is 18.3. The summed E-state index contributed by atoms with van der Waals surface area (Å²) >= 11 is 4.47. The molecular formula is C22H21F3N4O2S. The van der Waals surface area contributed by atoms with Gasteiger partial charge < -0.3 is 9.64 Å². The summed E-state index contributed by atoms with van der Waals surface area (Å²) in [6.45, 7) is 3.97. The molecule has 6 nitrogen and oxygen atoms in total. The lowest BCUT2D eigenvalue weighted by molar-refractivity contribution is -0.137. The summed E-state index contributed by atoms with van der Waals surface area (Å²) in [5, 5.41) is -0.664. The third kappa shape index (κ3) is 5.56. The van der Waals surface area contributed by atoms with Crippen molar-refractivity contribution in [3.05, 3.63) is 71.7 Å². The summed E-state index contributed by atoms with van der Waals surface area (Å²) in [7, 11) is 0. The van der Waals surface area contributed by atoms with Gasteiger partial charge >= 0.3 is 6.18 Å². The number of ether oxygens (including phenoxy) is 1. The van der Waals surface area contributed by atoms with Crippen LogP contribution in [0.15, 0.2) is 55.0 Å². The Balaban J connectivity index is 1.76. The van der Waals surface area contributed by atoms with Crippen LogP contribution in [0.4, 0.5) is 13.2 Å². The molecule has 1 atom stereocenters. The Bertz CT molecular complexity index is 1060. The topological polar surface area (TPSA) is 68.2 Å². The number of rotatable bonds is 7. The van der Waals surface area contributed by atoms with Crippen molar-refractivity contribution in [3.8, 4) is 17.3 Å². The van der Waals surface area contributed by atoms with Crippen LogP contribution < -0.4 is 4.74 Å². The third-order valence-corrected chi connectivity index (χ3v) is 5.05. The zero-order valence-electron chi connectivity index (χ0n) is 17.4. The second-order valence-electron chi connectivity index (χ2n) is 6.89. The van der Waals surface area contributed by atoms with E-state index < -0.39 is 17.1 Å². The van der Waals surface area contributed by atoms with Crippen molar-refractivity contribution in [2.45, 2.75) is 25.4 Å². The molecule has 3 aromatic rings. The highest BCUT2D eigenvalue weighted by Crippen LogP contribution is 2.29. The van der Waals surface area contributed by atoms with Crippen molar-refractivity contribution in [2.75, 3.05) is 13.2 Å². The number of aromatic nitrogens is 3. The molecule has 0 spiro atoms. The maximum atomic E-state index is 13.3. The largest absolute Gasteiger partial charge is 0.475 e. The number of alkyl halides is 3. The summed E-state index contributed by atoms with van der Waals surface area (Å²) in [4.78, 5) is 27.0. The van der Waals surface area contributed by atoms with Gasteiger partial charge in [0.25, 0.3) is 5.91 Å². The molecule has 1 amide bonds. The Morgan fingerprint density at radius 1 is 1.16 bits per heavy atom. The molecule has 2 aromatic heterocycles. The minimum atomic E-state index is -4.47. The van der Waals surface area contributed by atoms with Gasteiger partial charge in [0.2, 0.25) is 5.88 Å². The lowest BCUT2D eigenvalue weighted by Gasteiger charge is -2.28. The second kappa shape index (κ2) is 9.99. The predicted octanol–water partition coefficient (Wildman–Crippen LogP) is 4.66. The molecule has 0 aliphatic heterocycles. The van der Waals surface area contributed by atoms with Gasteiger partial charge in [0.05, 0.1) is 11.1 Å². The number of pyridine rings is 1. The quantitative estimate of drug-likeness (QED) is 0.409. The van der Waals surface area contributed by atoms with E-state index >= 15 is 0 Å². The van der Waals surface area contributed by atoms with E-state index in [0.29, 0.717) is 29.7 Å². The molecule has 0 bridgehead atoms. The van der Waals surface area contributed by atoms with Crippen LogP contribution in [0, 0.1) is 6.92 Å². The Morgan fingerprint density at radius 2 is 1.88 bits per heavy atom. The van der Waals surface area contributed by atoms with Crippen LogP contribution >= 0.6 is 12.6 Å². The van der Waals surface area contributed by atoms with E-state index in [1.165, 1.54) is 4.90 Å². The fraction of sp³-hybridized carbons (Fsp3) is 0.273. The number of nitrogens with zero attached hydrogens (tertiary/aromatic N) is 4. The first-order valence-electron chi connectivity index (χ1n) is 9.73. The van der Waals surface area contributed by atoms with E-state index in [1.807, 2.05) is 19.1 Å². The summed E-state index contributed by atoms with van der Waals surface area (Å²) in [6, 6.07) is 9.08. The average Bonchev–Trinajstić information content (AvgIpc) is 2.78. The first-order chi connectivity index (χ1) is 15.2. The van der Waals surface area contributed by atoms with Crippen molar-refractivity contribution in [1.82, 2.24) is 19.9 Å². The Morgan fingerprint density at radius 3 is 2.47 bits per heavy atom. The van der Waals surface area contributed by atoms with Crippen molar-refractivity contribution in [3.63, 3.8) is 0 Å². The van der Waals surface area contributed by atoms with Gasteiger partial charge in [-0.3, -0.25) is 4.79 Å². The van der Waals surface area contributed by atoms with E-state index in [9.17, 15) is 18.0 Å². The SMILES string of the molecule is CCN(C(=O)c1ccc(C)cc1-c1ncccn1)[C@@H](S)COc1ccc(C(F)(F)F)cn1. The van der Waals surface area contributed by atoms with Crippen LogP contribution in [0.1, 0.15) is 28.4 Å². The highest BCUT2D eigenvalue weighted by molar-refractivity contribution is 7.80. The van der Waals surface area contributed by atoms with E-state index in [2.05, 4.69) is 27.6 Å². The lowest BCUT2D eigenvalue weighted by Crippen LogP contribution is -2.40. The molecule has 0 aliphatic carbocycles.